The number of hydrogen-bond donors (Lipinski definition) is 0. The van der Waals surface area contributed by atoms with E-state index in [0.717, 1.165) is 0 Å². The van der Waals surface area contributed by atoms with Crippen LogP contribution in [0.25, 0.3) is 0 Å². The van der Waals surface area contributed by atoms with Crippen LogP contribution in [0, 0.1) is 0 Å². The van der Waals surface area contributed by atoms with E-state index in [4.69, 9.17) is 0 Å². The van der Waals surface area contributed by atoms with Gasteiger partial charge < -0.3 is 0 Å². The van der Waals surface area contributed by atoms with Crippen LogP contribution in [0.15, 0.2) is 42.5 Å². The van der Waals surface area contributed by atoms with Crippen LogP contribution in [0.4, 0.5) is 0 Å². The van der Waals surface area contributed by atoms with Crippen molar-refractivity contribution in [2.45, 2.75) is 58.4 Å². The van der Waals surface area contributed by atoms with Crippen molar-refractivity contribution in [2.24, 2.45) is 0 Å². The Bertz CT molecular complexity index is 655. The van der Waals surface area contributed by atoms with E-state index in [9.17, 15) is 0 Å². The van der Waals surface area contributed by atoms with Crippen LogP contribution in [0.5, 0.6) is 0 Å². The van der Waals surface area contributed by atoms with Crippen molar-refractivity contribution in [1.29, 1.82) is 0 Å². The van der Waals surface area contributed by atoms with Gasteiger partial charge in [-0.15, -0.1) is 0 Å². The van der Waals surface area contributed by atoms with Gasteiger partial charge in [0.25, 0.3) is 0 Å². The summed E-state index contributed by atoms with van der Waals surface area (Å²) in [6.45, 7) is 11.8. The molecule has 115 valence electrons. The molecule has 0 saturated heterocycles. The maximum absolute atomic E-state index is 2.51. The van der Waals surface area contributed by atoms with Crippen LogP contribution in [0.3, 0.4) is 0 Å². The summed E-state index contributed by atoms with van der Waals surface area (Å²) >= 11 is 0. The molecular weight excluding hydrogens is 280 g/mol. The van der Waals surface area contributed by atoms with Gasteiger partial charge in [-0.05, 0) is 45.7 Å². The Kier molecular flexibility index (Phi) is 4.27. The highest BCUT2D eigenvalue weighted by molar-refractivity contribution is 6.87. The highest BCUT2D eigenvalue weighted by Gasteiger charge is 2.34. The van der Waals surface area contributed by atoms with Crippen molar-refractivity contribution < 1.29 is 0 Å². The van der Waals surface area contributed by atoms with Crippen molar-refractivity contribution in [1.82, 2.24) is 0 Å². The van der Waals surface area contributed by atoms with Gasteiger partial charge in [-0.2, -0.15) is 0 Å². The molecule has 1 heterocycles. The van der Waals surface area contributed by atoms with Crippen LogP contribution in [0.1, 0.15) is 69.1 Å². The number of benzene rings is 2. The van der Waals surface area contributed by atoms with E-state index < -0.39 is 8.80 Å². The number of fused-ring (bicyclic) bond motifs is 1. The molecule has 0 amide bonds. The van der Waals surface area contributed by atoms with E-state index in [1.165, 1.54) is 11.6 Å². The minimum atomic E-state index is -0.611. The van der Waals surface area contributed by atoms with Gasteiger partial charge in [0.2, 0.25) is 0 Å². The molecule has 1 atom stereocenters. The molecule has 1 unspecified atom stereocenters. The van der Waals surface area contributed by atoms with Crippen LogP contribution in [-0.4, -0.2) is 8.80 Å². The second-order valence-corrected chi connectivity index (χ2v) is 9.78. The predicted molar refractivity (Wildman–Crippen MR) is 99.3 cm³/mol. The summed E-state index contributed by atoms with van der Waals surface area (Å²) in [7, 11) is -0.611. The molecule has 0 aromatic heterocycles. The summed E-state index contributed by atoms with van der Waals surface area (Å²) in [5, 5.41) is 3.31. The van der Waals surface area contributed by atoms with E-state index in [1.807, 2.05) is 0 Å². The summed E-state index contributed by atoms with van der Waals surface area (Å²) in [5.41, 5.74) is 4.78. The monoisotopic (exact) mass is 307 g/mol. The standard InChI is InChI=1S/C21H27Si/c1-14(2)17-11-19(15(3)4)21-20(12-17)16(5)13-22(21)18-9-7-6-8-10-18/h6-12,14-16H,13H2,1-5H3. The molecule has 1 radical (unpaired) electrons. The van der Waals surface area contributed by atoms with Gasteiger partial charge in [0.15, 0.2) is 0 Å². The van der Waals surface area contributed by atoms with E-state index in [-0.39, 0.29) is 0 Å². The van der Waals surface area contributed by atoms with E-state index >= 15 is 0 Å². The van der Waals surface area contributed by atoms with Crippen molar-refractivity contribution in [3.05, 3.63) is 59.2 Å². The average Bonchev–Trinajstić information content (AvgIpc) is 2.84. The third-order valence-electron chi connectivity index (χ3n) is 4.98. The normalized spacial score (nSPS) is 18.2. The average molecular weight is 308 g/mol. The molecular formula is C21H27Si. The van der Waals surface area contributed by atoms with E-state index in [2.05, 4.69) is 77.1 Å². The zero-order valence-corrected chi connectivity index (χ0v) is 15.5. The molecule has 1 heteroatoms. The van der Waals surface area contributed by atoms with Crippen LogP contribution >= 0.6 is 0 Å². The van der Waals surface area contributed by atoms with Gasteiger partial charge >= 0.3 is 0 Å². The second kappa shape index (κ2) is 6.04. The van der Waals surface area contributed by atoms with Crippen LogP contribution in [0.2, 0.25) is 6.04 Å². The van der Waals surface area contributed by atoms with Gasteiger partial charge in [-0.1, -0.05) is 82.3 Å². The first-order valence-corrected chi connectivity index (χ1v) is 10.3. The van der Waals surface area contributed by atoms with Crippen molar-refractivity contribution in [3.8, 4) is 0 Å². The number of rotatable bonds is 3. The molecule has 3 rings (SSSR count). The molecule has 0 bridgehead atoms. The largest absolute Gasteiger partial charge is 0.122 e. The smallest absolute Gasteiger partial charge is 0.0628 e. The van der Waals surface area contributed by atoms with Gasteiger partial charge in [-0.25, -0.2) is 0 Å². The summed E-state index contributed by atoms with van der Waals surface area (Å²) < 4.78 is 0. The lowest BCUT2D eigenvalue weighted by atomic mass is 9.90. The maximum Gasteiger partial charge on any atom is 0.122 e. The zero-order valence-electron chi connectivity index (χ0n) is 14.5. The van der Waals surface area contributed by atoms with Crippen molar-refractivity contribution in [3.63, 3.8) is 0 Å². The molecule has 0 N–H and O–H groups in total. The highest BCUT2D eigenvalue weighted by Crippen LogP contribution is 2.33. The first-order valence-electron chi connectivity index (χ1n) is 8.58. The van der Waals surface area contributed by atoms with Crippen molar-refractivity contribution >= 4 is 19.2 Å². The Morgan fingerprint density at radius 2 is 1.64 bits per heavy atom. The highest BCUT2D eigenvalue weighted by atomic mass is 28.3. The van der Waals surface area contributed by atoms with Gasteiger partial charge in [0, 0.05) is 0 Å². The SMILES string of the molecule is CC(C)c1cc(C(C)C)c2c(c1)C(C)C[Si]2c1ccccc1. The lowest BCUT2D eigenvalue weighted by molar-refractivity contribution is 0.821. The lowest BCUT2D eigenvalue weighted by Crippen LogP contribution is -2.41. The first-order chi connectivity index (χ1) is 10.5. The zero-order chi connectivity index (χ0) is 15.9. The Hall–Kier alpha value is -1.34. The summed E-state index contributed by atoms with van der Waals surface area (Å²) in [6.07, 6.45) is 0. The topological polar surface area (TPSA) is 0 Å². The van der Waals surface area contributed by atoms with Crippen LogP contribution in [-0.2, 0) is 0 Å². The Morgan fingerprint density at radius 1 is 0.955 bits per heavy atom. The lowest BCUT2D eigenvalue weighted by Gasteiger charge is -2.20. The fourth-order valence-electron chi connectivity index (χ4n) is 3.66. The van der Waals surface area contributed by atoms with Gasteiger partial charge in [0.1, 0.15) is 8.80 Å². The summed E-state index contributed by atoms with van der Waals surface area (Å²) in [4.78, 5) is 0. The minimum absolute atomic E-state index is 0.611. The Balaban J connectivity index is 2.18. The van der Waals surface area contributed by atoms with E-state index in [0.29, 0.717) is 17.8 Å². The molecule has 22 heavy (non-hydrogen) atoms. The molecule has 0 fully saturated rings. The van der Waals surface area contributed by atoms with Crippen LogP contribution < -0.4 is 10.4 Å². The fraction of sp³-hybridized carbons (Fsp3) is 0.429. The molecule has 2 aromatic rings. The summed E-state index contributed by atoms with van der Waals surface area (Å²) in [6, 6.07) is 17.6. The molecule has 0 nitrogen and oxygen atoms in total. The molecule has 2 aromatic carbocycles. The minimum Gasteiger partial charge on any atom is -0.0628 e. The molecule has 0 aliphatic carbocycles. The number of hydrogen-bond acceptors (Lipinski definition) is 0. The molecule has 1 aliphatic heterocycles. The molecule has 0 spiro atoms. The predicted octanol–water partition coefficient (Wildman–Crippen LogP) is 4.66. The molecule has 0 saturated carbocycles. The Morgan fingerprint density at radius 3 is 2.23 bits per heavy atom. The summed E-state index contributed by atoms with van der Waals surface area (Å²) in [5.74, 6) is 1.93. The maximum atomic E-state index is 2.51. The van der Waals surface area contributed by atoms with Crippen molar-refractivity contribution in [2.75, 3.05) is 0 Å². The first kappa shape index (κ1) is 15.5. The third kappa shape index (κ3) is 2.67. The Labute approximate surface area is 137 Å². The fourth-order valence-corrected chi connectivity index (χ4v) is 7.19. The van der Waals surface area contributed by atoms with Gasteiger partial charge in [0.05, 0.1) is 0 Å². The third-order valence-corrected chi connectivity index (χ3v) is 8.21. The molecule has 1 aliphatic rings. The van der Waals surface area contributed by atoms with E-state index in [1.54, 1.807) is 21.5 Å². The van der Waals surface area contributed by atoms with Gasteiger partial charge in [-0.3, -0.25) is 0 Å². The second-order valence-electron chi connectivity index (χ2n) is 7.33. The quantitative estimate of drug-likeness (QED) is 0.724.